The van der Waals surface area contributed by atoms with E-state index in [-0.39, 0.29) is 29.2 Å². The molecule has 1 aromatic rings. The van der Waals surface area contributed by atoms with Crippen LogP contribution in [0.15, 0.2) is 12.1 Å². The van der Waals surface area contributed by atoms with Crippen molar-refractivity contribution in [2.45, 2.75) is 51.1 Å². The van der Waals surface area contributed by atoms with Gasteiger partial charge in [0, 0.05) is 56.9 Å². The zero-order valence-corrected chi connectivity index (χ0v) is 20.0. The minimum absolute atomic E-state index is 0.00254. The van der Waals surface area contributed by atoms with E-state index >= 15 is 0 Å². The third-order valence-corrected chi connectivity index (χ3v) is 7.34. The van der Waals surface area contributed by atoms with Gasteiger partial charge in [-0.05, 0) is 51.2 Å². The number of hydrogen-bond acceptors (Lipinski definition) is 7. The summed E-state index contributed by atoms with van der Waals surface area (Å²) in [5.74, 6) is -1.61. The van der Waals surface area contributed by atoms with Crippen molar-refractivity contribution in [3.05, 3.63) is 23.8 Å². The lowest BCUT2D eigenvalue weighted by molar-refractivity contribution is -0.133. The second-order valence-corrected chi connectivity index (χ2v) is 9.59. The maximum atomic E-state index is 14.9. The largest absolute Gasteiger partial charge is 0.373 e. The van der Waals surface area contributed by atoms with Crippen LogP contribution in [0.3, 0.4) is 0 Å². The molecule has 0 aliphatic carbocycles. The Morgan fingerprint density at radius 1 is 1.00 bits per heavy atom. The summed E-state index contributed by atoms with van der Waals surface area (Å²) in [5, 5.41) is 8.48. The van der Waals surface area contributed by atoms with E-state index in [0.29, 0.717) is 25.4 Å². The highest BCUT2D eigenvalue weighted by Crippen LogP contribution is 2.36. The van der Waals surface area contributed by atoms with Crippen LogP contribution in [0.2, 0.25) is 0 Å². The molecule has 2 amide bonds. The van der Waals surface area contributed by atoms with Crippen molar-refractivity contribution in [1.82, 2.24) is 15.5 Å². The van der Waals surface area contributed by atoms with E-state index in [1.807, 2.05) is 6.79 Å². The van der Waals surface area contributed by atoms with Crippen LogP contribution in [0.5, 0.6) is 0 Å². The molecule has 3 fully saturated rings. The van der Waals surface area contributed by atoms with Crippen LogP contribution in [0.25, 0.3) is 0 Å². The Morgan fingerprint density at radius 3 is 2.15 bits per heavy atom. The molecule has 3 heterocycles. The van der Waals surface area contributed by atoms with Crippen molar-refractivity contribution in [3.8, 4) is 0 Å². The quantitative estimate of drug-likeness (QED) is 0.556. The SMILES string of the molecule is C=O.CC(C)(C1CCN(c2c(F)cc(NC3CCC(=O)NC3=O)cc2F)CC1)N1CCNCC1. The zero-order valence-electron chi connectivity index (χ0n) is 20.0. The van der Waals surface area contributed by atoms with Gasteiger partial charge in [0.1, 0.15) is 18.5 Å². The minimum atomic E-state index is -0.680. The first-order valence-electron chi connectivity index (χ1n) is 11.8. The summed E-state index contributed by atoms with van der Waals surface area (Å²) in [7, 11) is 0. The highest BCUT2D eigenvalue weighted by Gasteiger charge is 2.38. The van der Waals surface area contributed by atoms with Gasteiger partial charge in [0.15, 0.2) is 11.6 Å². The fourth-order valence-corrected chi connectivity index (χ4v) is 5.29. The predicted molar refractivity (Wildman–Crippen MR) is 127 cm³/mol. The maximum absolute atomic E-state index is 14.9. The van der Waals surface area contributed by atoms with Gasteiger partial charge in [0.05, 0.1) is 0 Å². The molecule has 1 aromatic carbocycles. The molecular formula is C24H35F2N5O3. The number of halogens is 2. The van der Waals surface area contributed by atoms with Crippen LogP contribution in [0.4, 0.5) is 20.2 Å². The van der Waals surface area contributed by atoms with Gasteiger partial charge < -0.3 is 20.3 Å². The molecule has 0 radical (unpaired) electrons. The number of nitrogens with zero attached hydrogens (tertiary/aromatic N) is 2. The summed E-state index contributed by atoms with van der Waals surface area (Å²) in [6.07, 6.45) is 2.26. The molecular weight excluding hydrogens is 444 g/mol. The summed E-state index contributed by atoms with van der Waals surface area (Å²) in [6.45, 7) is 11.8. The summed E-state index contributed by atoms with van der Waals surface area (Å²) in [5.41, 5.74) is 0.256. The molecule has 10 heteroatoms. The summed E-state index contributed by atoms with van der Waals surface area (Å²) >= 11 is 0. The smallest absolute Gasteiger partial charge is 0.249 e. The fraction of sp³-hybridized carbons (Fsp3) is 0.625. The van der Waals surface area contributed by atoms with E-state index < -0.39 is 23.6 Å². The molecule has 3 saturated heterocycles. The molecule has 188 valence electrons. The van der Waals surface area contributed by atoms with E-state index in [1.54, 1.807) is 4.90 Å². The molecule has 34 heavy (non-hydrogen) atoms. The van der Waals surface area contributed by atoms with Crippen LogP contribution in [-0.2, 0) is 14.4 Å². The third-order valence-electron chi connectivity index (χ3n) is 7.34. The van der Waals surface area contributed by atoms with Gasteiger partial charge in [-0.25, -0.2) is 8.78 Å². The molecule has 8 nitrogen and oxygen atoms in total. The van der Waals surface area contributed by atoms with Crippen molar-refractivity contribution >= 4 is 30.0 Å². The van der Waals surface area contributed by atoms with Crippen LogP contribution in [0, 0.1) is 17.6 Å². The van der Waals surface area contributed by atoms with Crippen molar-refractivity contribution in [2.75, 3.05) is 49.5 Å². The standard InChI is InChI=1S/C23H33F2N5O2.CH2O/c1-23(2,30-11-7-26-8-12-30)15-5-9-29(10-6-15)21-17(24)13-16(14-18(21)25)27-19-3-4-20(31)28-22(19)32;1-2/h13-15,19,26-27H,3-12H2,1-2H3,(H,28,31,32);1H2. The lowest BCUT2D eigenvalue weighted by Gasteiger charge is -2.49. The Kier molecular flexibility index (Phi) is 8.59. The van der Waals surface area contributed by atoms with E-state index in [9.17, 15) is 18.4 Å². The first-order chi connectivity index (χ1) is 16.3. The Hall–Kier alpha value is -2.59. The van der Waals surface area contributed by atoms with Gasteiger partial charge in [0.2, 0.25) is 11.8 Å². The number of amides is 2. The molecule has 3 aliphatic heterocycles. The number of piperazine rings is 1. The Morgan fingerprint density at radius 2 is 1.59 bits per heavy atom. The Bertz CT molecular complexity index is 860. The number of piperidine rings is 2. The van der Waals surface area contributed by atoms with Gasteiger partial charge in [-0.3, -0.25) is 19.8 Å². The third kappa shape index (κ3) is 5.72. The highest BCUT2D eigenvalue weighted by atomic mass is 19.1. The highest BCUT2D eigenvalue weighted by molar-refractivity contribution is 6.01. The van der Waals surface area contributed by atoms with Gasteiger partial charge in [-0.15, -0.1) is 0 Å². The first-order valence-corrected chi connectivity index (χ1v) is 11.8. The molecule has 3 aliphatic rings. The lowest BCUT2D eigenvalue weighted by Crippen LogP contribution is -2.58. The van der Waals surface area contributed by atoms with E-state index in [4.69, 9.17) is 4.79 Å². The Labute approximate surface area is 199 Å². The number of nitrogens with one attached hydrogen (secondary N) is 3. The number of carbonyl (C=O) groups is 3. The molecule has 0 bridgehead atoms. The van der Waals surface area contributed by atoms with Gasteiger partial charge in [0.25, 0.3) is 0 Å². The van der Waals surface area contributed by atoms with Crippen LogP contribution < -0.4 is 20.9 Å². The summed E-state index contributed by atoms with van der Waals surface area (Å²) in [4.78, 5) is 35.5. The van der Waals surface area contributed by atoms with Crippen molar-refractivity contribution in [2.24, 2.45) is 5.92 Å². The average Bonchev–Trinajstić information content (AvgIpc) is 2.83. The summed E-state index contributed by atoms with van der Waals surface area (Å²) < 4.78 is 29.9. The molecule has 1 unspecified atom stereocenters. The molecule has 4 rings (SSSR count). The second-order valence-electron chi connectivity index (χ2n) is 9.59. The molecule has 3 N–H and O–H groups in total. The number of carbonyl (C=O) groups excluding carboxylic acids is 3. The minimum Gasteiger partial charge on any atom is -0.373 e. The van der Waals surface area contributed by atoms with E-state index in [0.717, 1.165) is 39.0 Å². The van der Waals surface area contributed by atoms with Crippen LogP contribution in [0.1, 0.15) is 39.5 Å². The van der Waals surface area contributed by atoms with Crippen LogP contribution >= 0.6 is 0 Å². The zero-order chi connectivity index (χ0) is 24.9. The number of hydrogen-bond donors (Lipinski definition) is 3. The number of anilines is 2. The summed E-state index contributed by atoms with van der Waals surface area (Å²) in [6, 6.07) is 1.79. The maximum Gasteiger partial charge on any atom is 0.249 e. The van der Waals surface area contributed by atoms with Crippen molar-refractivity contribution in [3.63, 3.8) is 0 Å². The van der Waals surface area contributed by atoms with E-state index in [2.05, 4.69) is 34.7 Å². The monoisotopic (exact) mass is 479 g/mol. The average molecular weight is 480 g/mol. The van der Waals surface area contributed by atoms with Crippen LogP contribution in [-0.4, -0.2) is 74.4 Å². The van der Waals surface area contributed by atoms with Crippen molar-refractivity contribution < 1.29 is 23.2 Å². The van der Waals surface area contributed by atoms with E-state index in [1.165, 1.54) is 12.1 Å². The van der Waals surface area contributed by atoms with Crippen molar-refractivity contribution in [1.29, 1.82) is 0 Å². The second kappa shape index (κ2) is 11.2. The molecule has 0 spiro atoms. The van der Waals surface area contributed by atoms with Gasteiger partial charge >= 0.3 is 0 Å². The Balaban J connectivity index is 0.00000158. The van der Waals surface area contributed by atoms with Gasteiger partial charge in [-0.1, -0.05) is 0 Å². The number of benzene rings is 1. The predicted octanol–water partition coefficient (Wildman–Crippen LogP) is 1.90. The molecule has 0 aromatic heterocycles. The number of imide groups is 1. The molecule has 1 atom stereocenters. The lowest BCUT2D eigenvalue weighted by atomic mass is 9.78. The number of rotatable bonds is 5. The van der Waals surface area contributed by atoms with Gasteiger partial charge in [-0.2, -0.15) is 0 Å². The normalized spacial score (nSPS) is 22.6. The topological polar surface area (TPSA) is 93.8 Å². The molecule has 0 saturated carbocycles. The fourth-order valence-electron chi connectivity index (χ4n) is 5.29. The first kappa shape index (κ1) is 26.0.